The van der Waals surface area contributed by atoms with Crippen molar-refractivity contribution in [1.82, 2.24) is 19.7 Å². The number of benzene rings is 1. The van der Waals surface area contributed by atoms with Crippen molar-refractivity contribution in [2.45, 2.75) is 19.6 Å². The van der Waals surface area contributed by atoms with Crippen LogP contribution in [-0.2, 0) is 6.67 Å². The summed E-state index contributed by atoms with van der Waals surface area (Å²) in [7, 11) is 2.16. The second-order valence-electron chi connectivity index (χ2n) is 6.01. The number of nitrogens with zero attached hydrogens (tertiary/aromatic N) is 3. The predicted octanol–water partition coefficient (Wildman–Crippen LogP) is 3.51. The van der Waals surface area contributed by atoms with Gasteiger partial charge in [0, 0.05) is 0 Å². The Balaban J connectivity index is 1.55. The first-order chi connectivity index (χ1) is 12.1. The van der Waals surface area contributed by atoms with Gasteiger partial charge in [-0.1, -0.05) is 18.2 Å². The van der Waals surface area contributed by atoms with Crippen molar-refractivity contribution < 1.29 is 4.90 Å². The first-order valence-corrected chi connectivity index (χ1v) is 10.1. The molecule has 0 bridgehead atoms. The van der Waals surface area contributed by atoms with Crippen LogP contribution in [-0.4, -0.2) is 26.8 Å². The molecule has 4 rings (SSSR count). The van der Waals surface area contributed by atoms with Crippen molar-refractivity contribution in [3.05, 3.63) is 51.6 Å². The molecule has 25 heavy (non-hydrogen) atoms. The normalized spacial score (nSPS) is 14.0. The van der Waals surface area contributed by atoms with E-state index in [2.05, 4.69) is 42.3 Å². The summed E-state index contributed by atoms with van der Waals surface area (Å²) in [6.07, 6.45) is 0. The summed E-state index contributed by atoms with van der Waals surface area (Å²) in [4.78, 5) is 11.7. The summed E-state index contributed by atoms with van der Waals surface area (Å²) in [6, 6.07) is 12.6. The van der Waals surface area contributed by atoms with Gasteiger partial charge in [-0.15, -0.1) is 22.7 Å². The Morgan fingerprint density at radius 2 is 2.08 bits per heavy atom. The zero-order valence-corrected chi connectivity index (χ0v) is 16.3. The van der Waals surface area contributed by atoms with Crippen LogP contribution >= 0.6 is 34.9 Å². The molecule has 0 spiro atoms. The van der Waals surface area contributed by atoms with Gasteiger partial charge in [0.25, 0.3) is 0 Å². The second-order valence-corrected chi connectivity index (χ2v) is 8.38. The number of thiophene rings is 1. The molecule has 128 valence electrons. The van der Waals surface area contributed by atoms with E-state index in [1.54, 1.807) is 22.7 Å². The van der Waals surface area contributed by atoms with Gasteiger partial charge in [-0.2, -0.15) is 4.98 Å². The number of thiazole rings is 1. The Morgan fingerprint density at radius 1 is 1.24 bits per heavy atom. The third-order valence-corrected chi connectivity index (χ3v) is 6.67. The van der Waals surface area contributed by atoms with E-state index < -0.39 is 0 Å². The molecule has 0 saturated heterocycles. The number of para-hydroxylation sites is 1. The first-order valence-electron chi connectivity index (χ1n) is 8.00. The highest BCUT2D eigenvalue weighted by Crippen LogP contribution is 2.25. The number of hydrogen-bond acceptors (Lipinski definition) is 5. The van der Waals surface area contributed by atoms with E-state index in [1.807, 2.05) is 28.3 Å². The number of nitrogens with one attached hydrogen (secondary N) is 2. The number of aromatic nitrogens is 4. The van der Waals surface area contributed by atoms with Gasteiger partial charge in [0.1, 0.15) is 6.04 Å². The Bertz CT molecular complexity index is 1010. The van der Waals surface area contributed by atoms with E-state index in [-0.39, 0.29) is 6.04 Å². The molecule has 3 heterocycles. The summed E-state index contributed by atoms with van der Waals surface area (Å²) < 4.78 is 3.75. The number of rotatable bonds is 5. The standard InChI is InChI=1S/C17H17N5S3/c1-11(16-18-12-6-3-4-7-13(12)25-16)21(2)10-22-17(23)19-15(20-22)14-8-5-9-24-14/h3-9,11H,10H2,1-2H3,(H,19,20,23)/p+1/t11-/m1/s1. The number of fused-ring (bicyclic) bond motifs is 1. The number of H-pyrrole nitrogens is 1. The summed E-state index contributed by atoms with van der Waals surface area (Å²) >= 11 is 8.83. The zero-order valence-electron chi connectivity index (χ0n) is 13.9. The van der Waals surface area contributed by atoms with Crippen LogP contribution in [0.1, 0.15) is 18.0 Å². The summed E-state index contributed by atoms with van der Waals surface area (Å²) in [5, 5.41) is 6.50. The third kappa shape index (κ3) is 3.30. The Morgan fingerprint density at radius 3 is 2.84 bits per heavy atom. The van der Waals surface area contributed by atoms with Gasteiger partial charge in [-0.25, -0.2) is 9.67 Å². The van der Waals surface area contributed by atoms with E-state index in [0.29, 0.717) is 11.4 Å². The van der Waals surface area contributed by atoms with Gasteiger partial charge in [-0.05, 0) is 42.7 Å². The van der Waals surface area contributed by atoms with Crippen molar-refractivity contribution in [3.63, 3.8) is 0 Å². The molecule has 8 heteroatoms. The van der Waals surface area contributed by atoms with Crippen LogP contribution in [0.5, 0.6) is 0 Å². The van der Waals surface area contributed by atoms with Crippen LogP contribution in [0.2, 0.25) is 0 Å². The molecule has 5 nitrogen and oxygen atoms in total. The van der Waals surface area contributed by atoms with Crippen molar-refractivity contribution >= 4 is 45.1 Å². The molecule has 0 aliphatic heterocycles. The highest BCUT2D eigenvalue weighted by molar-refractivity contribution is 7.71. The van der Waals surface area contributed by atoms with Crippen LogP contribution in [0.4, 0.5) is 0 Å². The molecule has 1 unspecified atom stereocenters. The second kappa shape index (κ2) is 6.80. The van der Waals surface area contributed by atoms with Crippen molar-refractivity contribution in [1.29, 1.82) is 0 Å². The maximum Gasteiger partial charge on any atom is 0.221 e. The lowest BCUT2D eigenvalue weighted by Crippen LogP contribution is -3.08. The minimum Gasteiger partial charge on any atom is -0.311 e. The molecular formula is C17H18N5S3+. The van der Waals surface area contributed by atoms with E-state index >= 15 is 0 Å². The van der Waals surface area contributed by atoms with Crippen molar-refractivity contribution in [3.8, 4) is 10.7 Å². The minimum atomic E-state index is 0.271. The van der Waals surface area contributed by atoms with Crippen LogP contribution < -0.4 is 4.90 Å². The van der Waals surface area contributed by atoms with Gasteiger partial charge in [0.2, 0.25) is 4.77 Å². The maximum atomic E-state index is 5.42. The van der Waals surface area contributed by atoms with Gasteiger partial charge >= 0.3 is 0 Å². The summed E-state index contributed by atoms with van der Waals surface area (Å²) in [6.45, 7) is 2.92. The van der Waals surface area contributed by atoms with Crippen molar-refractivity contribution in [2.75, 3.05) is 7.05 Å². The summed E-state index contributed by atoms with van der Waals surface area (Å²) in [5.74, 6) is 0.834. The van der Waals surface area contributed by atoms with E-state index in [1.165, 1.54) is 9.60 Å². The van der Waals surface area contributed by atoms with Gasteiger partial charge in [-0.3, -0.25) is 5.10 Å². The average molecular weight is 389 g/mol. The average Bonchev–Trinajstić information content (AvgIpc) is 3.33. The summed E-state index contributed by atoms with van der Waals surface area (Å²) in [5.41, 5.74) is 1.07. The molecule has 2 N–H and O–H groups in total. The number of quaternary nitrogens is 1. The minimum absolute atomic E-state index is 0.271. The van der Waals surface area contributed by atoms with Crippen molar-refractivity contribution in [2.24, 2.45) is 0 Å². The fourth-order valence-corrected chi connectivity index (χ4v) is 4.64. The monoisotopic (exact) mass is 388 g/mol. The van der Waals surface area contributed by atoms with Gasteiger partial charge in [0.15, 0.2) is 17.5 Å². The Kier molecular flexibility index (Phi) is 4.51. The molecule has 0 aliphatic carbocycles. The van der Waals surface area contributed by atoms with E-state index in [0.717, 1.165) is 21.2 Å². The topological polar surface area (TPSA) is 50.9 Å². The number of aromatic amines is 1. The zero-order chi connectivity index (χ0) is 17.4. The number of hydrogen-bond donors (Lipinski definition) is 2. The molecular weight excluding hydrogens is 370 g/mol. The molecule has 2 atom stereocenters. The molecule has 3 aromatic heterocycles. The van der Waals surface area contributed by atoms with Crippen LogP contribution in [0.15, 0.2) is 41.8 Å². The molecule has 0 saturated carbocycles. The smallest absolute Gasteiger partial charge is 0.221 e. The SMILES string of the molecule is C[C@H](c1nc2ccccc2s1)[NH+](C)Cn1[nH]c(-c2cccs2)nc1=S. The van der Waals surface area contributed by atoms with Crippen LogP contribution in [0.3, 0.4) is 0 Å². The molecule has 4 aromatic rings. The lowest BCUT2D eigenvalue weighted by molar-refractivity contribution is -0.933. The van der Waals surface area contributed by atoms with Gasteiger partial charge in [0.05, 0.1) is 22.1 Å². The lowest BCUT2D eigenvalue weighted by Gasteiger charge is -2.19. The van der Waals surface area contributed by atoms with Crippen LogP contribution in [0, 0.1) is 4.77 Å². The van der Waals surface area contributed by atoms with E-state index in [4.69, 9.17) is 17.2 Å². The van der Waals surface area contributed by atoms with E-state index in [9.17, 15) is 0 Å². The quantitative estimate of drug-likeness (QED) is 0.515. The molecule has 0 fully saturated rings. The highest BCUT2D eigenvalue weighted by atomic mass is 32.1. The fraction of sp³-hybridized carbons (Fsp3) is 0.235. The van der Waals surface area contributed by atoms with Gasteiger partial charge < -0.3 is 4.90 Å². The first kappa shape index (κ1) is 16.6. The third-order valence-electron chi connectivity index (χ3n) is 4.26. The molecule has 0 aliphatic rings. The molecule has 1 aromatic carbocycles. The Hall–Kier alpha value is -1.87. The predicted molar refractivity (Wildman–Crippen MR) is 106 cm³/mol. The lowest BCUT2D eigenvalue weighted by atomic mass is 10.3. The van der Waals surface area contributed by atoms with Crippen LogP contribution in [0.25, 0.3) is 20.9 Å². The fourth-order valence-electron chi connectivity index (χ4n) is 2.66. The maximum absolute atomic E-state index is 5.42. The molecule has 0 radical (unpaired) electrons. The Labute approximate surface area is 158 Å². The largest absolute Gasteiger partial charge is 0.311 e. The highest BCUT2D eigenvalue weighted by Gasteiger charge is 2.20. The molecule has 0 amide bonds.